The smallest absolute Gasteiger partial charge is 0.262 e. The van der Waals surface area contributed by atoms with Crippen LogP contribution in [0.4, 0.5) is 5.95 Å². The first kappa shape index (κ1) is 19.4. The normalized spacial score (nSPS) is 26.5. The van der Waals surface area contributed by atoms with Crippen molar-refractivity contribution >= 4 is 21.9 Å². The fourth-order valence-electron chi connectivity index (χ4n) is 5.41. The van der Waals surface area contributed by atoms with E-state index >= 15 is 0 Å². The highest BCUT2D eigenvalue weighted by atomic mass is 32.2. The van der Waals surface area contributed by atoms with Gasteiger partial charge >= 0.3 is 0 Å². The molecule has 5 rings (SSSR count). The summed E-state index contributed by atoms with van der Waals surface area (Å²) in [5, 5.41) is 0.0722. The standard InChI is InChI=1S/C19H25N7O3S/c1-23-12-16(22-13-23)30(28,29)26-8-4-19(5-9-26)15-11-25(18-20-6-3-7-21-18)10-14(15)17(27)24(19)2/h3,6-7,12-15H,4-5,8-11H2,1-2H3/t14-,15+/m0/s1. The van der Waals surface area contributed by atoms with E-state index in [1.54, 1.807) is 30.1 Å². The zero-order valence-electron chi connectivity index (χ0n) is 17.0. The minimum atomic E-state index is -3.63. The second-order valence-corrected chi connectivity index (χ2v) is 10.3. The quantitative estimate of drug-likeness (QED) is 0.671. The number of piperidine rings is 1. The maximum absolute atomic E-state index is 13.1. The van der Waals surface area contributed by atoms with Gasteiger partial charge in [0.25, 0.3) is 10.0 Å². The second kappa shape index (κ2) is 6.74. The van der Waals surface area contributed by atoms with Gasteiger partial charge < -0.3 is 14.4 Å². The van der Waals surface area contributed by atoms with E-state index in [1.807, 2.05) is 11.9 Å². The molecule has 0 aromatic carbocycles. The van der Waals surface area contributed by atoms with Crippen LogP contribution in [0, 0.1) is 11.8 Å². The van der Waals surface area contributed by atoms with Crippen molar-refractivity contribution in [2.24, 2.45) is 18.9 Å². The second-order valence-electron chi connectivity index (χ2n) is 8.45. The molecule has 10 nitrogen and oxygen atoms in total. The Bertz CT molecular complexity index is 1060. The van der Waals surface area contributed by atoms with E-state index in [-0.39, 0.29) is 28.3 Å². The van der Waals surface area contributed by atoms with Crippen molar-refractivity contribution in [3.63, 3.8) is 0 Å². The number of nitrogens with zero attached hydrogens (tertiary/aromatic N) is 7. The number of hydrogen-bond acceptors (Lipinski definition) is 7. The first-order chi connectivity index (χ1) is 14.3. The number of sulfonamides is 1. The molecular formula is C19H25N7O3S. The van der Waals surface area contributed by atoms with E-state index in [2.05, 4.69) is 19.9 Å². The largest absolute Gasteiger partial charge is 0.340 e. The summed E-state index contributed by atoms with van der Waals surface area (Å²) in [6, 6.07) is 1.78. The highest BCUT2D eigenvalue weighted by Gasteiger charge is 2.61. The molecule has 0 saturated carbocycles. The van der Waals surface area contributed by atoms with E-state index in [9.17, 15) is 13.2 Å². The average molecular weight is 432 g/mol. The van der Waals surface area contributed by atoms with Crippen molar-refractivity contribution in [1.82, 2.24) is 28.7 Å². The zero-order valence-corrected chi connectivity index (χ0v) is 17.9. The minimum absolute atomic E-state index is 0.0722. The molecule has 3 saturated heterocycles. The van der Waals surface area contributed by atoms with Crippen LogP contribution in [0.1, 0.15) is 12.8 Å². The van der Waals surface area contributed by atoms with Crippen molar-refractivity contribution in [2.75, 3.05) is 38.1 Å². The Hall–Kier alpha value is -2.53. The molecule has 2 aromatic rings. The van der Waals surface area contributed by atoms with Crippen LogP contribution < -0.4 is 4.90 Å². The van der Waals surface area contributed by atoms with E-state index in [0.29, 0.717) is 45.0 Å². The number of imidazole rings is 1. The predicted molar refractivity (Wildman–Crippen MR) is 108 cm³/mol. The van der Waals surface area contributed by atoms with Gasteiger partial charge in [0.2, 0.25) is 11.9 Å². The Kier molecular flexibility index (Phi) is 4.37. The van der Waals surface area contributed by atoms with Gasteiger partial charge in [0.05, 0.1) is 17.8 Å². The lowest BCUT2D eigenvalue weighted by Gasteiger charge is -2.46. The summed E-state index contributed by atoms with van der Waals surface area (Å²) >= 11 is 0. The van der Waals surface area contributed by atoms with E-state index in [4.69, 9.17) is 0 Å². The number of hydrogen-bond donors (Lipinski definition) is 0. The van der Waals surface area contributed by atoms with Crippen molar-refractivity contribution in [2.45, 2.75) is 23.4 Å². The maximum Gasteiger partial charge on any atom is 0.262 e. The van der Waals surface area contributed by atoms with Crippen LogP contribution in [0.3, 0.4) is 0 Å². The third-order valence-corrected chi connectivity index (χ3v) is 8.82. The molecule has 0 radical (unpaired) electrons. The van der Waals surface area contributed by atoms with Gasteiger partial charge in [0, 0.05) is 64.8 Å². The molecule has 3 aliphatic rings. The first-order valence-electron chi connectivity index (χ1n) is 10.1. The molecule has 3 fully saturated rings. The third kappa shape index (κ3) is 2.75. The van der Waals surface area contributed by atoms with Gasteiger partial charge in [0.15, 0.2) is 5.03 Å². The molecule has 1 spiro atoms. The molecule has 2 aromatic heterocycles. The number of anilines is 1. The van der Waals surface area contributed by atoms with Gasteiger partial charge in [-0.15, -0.1) is 0 Å². The van der Waals surface area contributed by atoms with Crippen LogP contribution in [0.5, 0.6) is 0 Å². The topological polar surface area (TPSA) is 105 Å². The van der Waals surface area contributed by atoms with E-state index in [1.165, 1.54) is 16.8 Å². The number of aryl methyl sites for hydroxylation is 1. The predicted octanol–water partition coefficient (Wildman–Crippen LogP) is -0.0420. The molecule has 11 heteroatoms. The van der Waals surface area contributed by atoms with Crippen LogP contribution in [-0.2, 0) is 21.9 Å². The third-order valence-electron chi connectivity index (χ3n) is 7.03. The van der Waals surface area contributed by atoms with Gasteiger partial charge in [-0.2, -0.15) is 4.31 Å². The Morgan fingerprint density at radius 3 is 2.40 bits per heavy atom. The van der Waals surface area contributed by atoms with Crippen LogP contribution >= 0.6 is 0 Å². The summed E-state index contributed by atoms with van der Waals surface area (Å²) in [4.78, 5) is 29.7. The molecule has 0 aliphatic carbocycles. The number of carbonyl (C=O) groups is 1. The Balaban J connectivity index is 1.37. The van der Waals surface area contributed by atoms with Gasteiger partial charge in [-0.3, -0.25) is 4.79 Å². The van der Waals surface area contributed by atoms with Crippen molar-refractivity contribution < 1.29 is 13.2 Å². The van der Waals surface area contributed by atoms with Crippen molar-refractivity contribution in [3.8, 4) is 0 Å². The summed E-state index contributed by atoms with van der Waals surface area (Å²) in [5.41, 5.74) is -0.332. The SMILES string of the molecule is CN1C(=O)[C@H]2CN(c3ncccn3)C[C@H]2C12CCN(S(=O)(=O)c1cn(C)cn1)CC2. The molecule has 5 heterocycles. The van der Waals surface area contributed by atoms with Gasteiger partial charge in [-0.25, -0.2) is 23.4 Å². The Morgan fingerprint density at radius 2 is 1.77 bits per heavy atom. The number of likely N-dealkylation sites (tertiary alicyclic amines) is 1. The molecule has 30 heavy (non-hydrogen) atoms. The van der Waals surface area contributed by atoms with Gasteiger partial charge in [0.1, 0.15) is 0 Å². The van der Waals surface area contributed by atoms with Gasteiger partial charge in [-0.05, 0) is 18.9 Å². The monoisotopic (exact) mass is 431 g/mol. The fraction of sp³-hybridized carbons (Fsp3) is 0.579. The first-order valence-corrected chi connectivity index (χ1v) is 11.5. The highest BCUT2D eigenvalue weighted by molar-refractivity contribution is 7.89. The van der Waals surface area contributed by atoms with E-state index in [0.717, 1.165) is 0 Å². The summed E-state index contributed by atoms with van der Waals surface area (Å²) in [6.07, 6.45) is 7.67. The zero-order chi connectivity index (χ0) is 21.1. The number of amides is 1. The van der Waals surface area contributed by atoms with Crippen LogP contribution in [0.25, 0.3) is 0 Å². The molecule has 0 unspecified atom stereocenters. The maximum atomic E-state index is 13.1. The average Bonchev–Trinajstić information content (AvgIpc) is 3.44. The van der Waals surface area contributed by atoms with Gasteiger partial charge in [-0.1, -0.05) is 0 Å². The molecule has 0 N–H and O–H groups in total. The Labute approximate surface area is 175 Å². The lowest BCUT2D eigenvalue weighted by molar-refractivity contribution is -0.132. The van der Waals surface area contributed by atoms with Crippen molar-refractivity contribution in [3.05, 3.63) is 31.0 Å². The summed E-state index contributed by atoms with van der Waals surface area (Å²) in [6.45, 7) is 2.07. The molecule has 1 amide bonds. The van der Waals surface area contributed by atoms with Crippen LogP contribution in [0.2, 0.25) is 0 Å². The molecule has 2 atom stereocenters. The summed E-state index contributed by atoms with van der Waals surface area (Å²) in [5.74, 6) is 0.823. The number of carbonyl (C=O) groups excluding carboxylic acids is 1. The van der Waals surface area contributed by atoms with Crippen LogP contribution in [0.15, 0.2) is 36.0 Å². The van der Waals surface area contributed by atoms with Crippen LogP contribution in [-0.4, -0.2) is 81.8 Å². The minimum Gasteiger partial charge on any atom is -0.340 e. The number of aromatic nitrogens is 4. The molecule has 3 aliphatic heterocycles. The lowest BCUT2D eigenvalue weighted by Crippen LogP contribution is -2.56. The fourth-order valence-corrected chi connectivity index (χ4v) is 6.82. The van der Waals surface area contributed by atoms with Crippen molar-refractivity contribution in [1.29, 1.82) is 0 Å². The highest BCUT2D eigenvalue weighted by Crippen LogP contribution is 2.49. The number of rotatable bonds is 3. The lowest BCUT2D eigenvalue weighted by atomic mass is 9.75. The summed E-state index contributed by atoms with van der Waals surface area (Å²) < 4.78 is 29.0. The molecular weight excluding hydrogens is 406 g/mol. The molecule has 160 valence electrons. The summed E-state index contributed by atoms with van der Waals surface area (Å²) in [7, 11) is -0.0100. The molecule has 0 bridgehead atoms. The number of fused-ring (bicyclic) bond motifs is 2. The Morgan fingerprint density at radius 1 is 1.07 bits per heavy atom. The van der Waals surface area contributed by atoms with E-state index < -0.39 is 10.0 Å².